The number of esters is 1. The van der Waals surface area contributed by atoms with Gasteiger partial charge in [0, 0.05) is 11.9 Å². The molecule has 0 aromatic carbocycles. The molecule has 5 nitrogen and oxygen atoms in total. The van der Waals surface area contributed by atoms with E-state index in [1.54, 1.807) is 13.1 Å². The minimum Gasteiger partial charge on any atom is -0.469 e. The molecule has 0 heterocycles. The van der Waals surface area contributed by atoms with Gasteiger partial charge in [0.25, 0.3) is 0 Å². The summed E-state index contributed by atoms with van der Waals surface area (Å²) in [6, 6.07) is 0. The van der Waals surface area contributed by atoms with Crippen LogP contribution in [-0.4, -0.2) is 37.7 Å². The summed E-state index contributed by atoms with van der Waals surface area (Å²) in [5.74, 6) is -0.275. The number of carbonyl (C=O) groups is 1. The minimum atomic E-state index is -0.664. The van der Waals surface area contributed by atoms with Gasteiger partial charge >= 0.3 is 5.97 Å². The summed E-state index contributed by atoms with van der Waals surface area (Å²) in [6.45, 7) is 9.52. The standard InChI is InChI=1S/C21H30N2O3/c1-7-19(23-13-12-15(2)16(3)22)17-8-10-18(11-9-17)26-14-21(4,5)20(24)25-6/h7-10,12-13,18,22H,11,14H2,1-6H3/b15-12+,19-7?,22-16?,23-13?. The molecule has 1 N–H and O–H groups in total. The van der Waals surface area contributed by atoms with Gasteiger partial charge in [0.15, 0.2) is 0 Å². The summed E-state index contributed by atoms with van der Waals surface area (Å²) in [5.41, 5.74) is 2.67. The fraction of sp³-hybridized carbons (Fsp3) is 0.476. The Kier molecular flexibility index (Phi) is 8.39. The van der Waals surface area contributed by atoms with Crippen LogP contribution in [0.4, 0.5) is 0 Å². The first-order valence-electron chi connectivity index (χ1n) is 8.72. The first-order chi connectivity index (χ1) is 12.2. The van der Waals surface area contributed by atoms with Crippen LogP contribution < -0.4 is 0 Å². The lowest BCUT2D eigenvalue weighted by molar-refractivity contribution is -0.154. The molecule has 142 valence electrons. The number of aliphatic imine (C=N–C) groups is 1. The monoisotopic (exact) mass is 358 g/mol. The molecule has 1 unspecified atom stereocenters. The second kappa shape index (κ2) is 10.0. The lowest BCUT2D eigenvalue weighted by Gasteiger charge is -2.25. The van der Waals surface area contributed by atoms with Gasteiger partial charge in [-0.3, -0.25) is 9.79 Å². The number of hydrogen-bond donors (Lipinski definition) is 1. The fourth-order valence-electron chi connectivity index (χ4n) is 2.23. The topological polar surface area (TPSA) is 71.7 Å². The Balaban J connectivity index is 2.65. The van der Waals surface area contributed by atoms with Crippen molar-refractivity contribution in [3.8, 4) is 0 Å². The highest BCUT2D eigenvalue weighted by Gasteiger charge is 2.30. The first kappa shape index (κ1) is 21.8. The maximum atomic E-state index is 11.7. The number of ether oxygens (including phenoxy) is 2. The van der Waals surface area contributed by atoms with E-state index >= 15 is 0 Å². The molecular formula is C21H30N2O3. The van der Waals surface area contributed by atoms with Crippen molar-refractivity contribution in [3.05, 3.63) is 47.2 Å². The Labute approximate surface area is 156 Å². The van der Waals surface area contributed by atoms with Crippen LogP contribution in [0.5, 0.6) is 0 Å². The Morgan fingerprint density at radius 1 is 1.42 bits per heavy atom. The molecule has 0 saturated carbocycles. The second-order valence-corrected chi connectivity index (χ2v) is 6.91. The van der Waals surface area contributed by atoms with Gasteiger partial charge in [-0.15, -0.1) is 0 Å². The Hall–Kier alpha value is -2.27. The third kappa shape index (κ3) is 6.56. The lowest BCUT2D eigenvalue weighted by Crippen LogP contribution is -2.32. The Morgan fingerprint density at radius 3 is 2.62 bits per heavy atom. The molecule has 5 heteroatoms. The number of rotatable bonds is 8. The highest BCUT2D eigenvalue weighted by molar-refractivity contribution is 5.98. The van der Waals surface area contributed by atoms with Gasteiger partial charge in [-0.2, -0.15) is 0 Å². The van der Waals surface area contributed by atoms with E-state index in [4.69, 9.17) is 14.9 Å². The van der Waals surface area contributed by atoms with Gasteiger partial charge < -0.3 is 14.9 Å². The van der Waals surface area contributed by atoms with Crippen LogP contribution in [-0.2, 0) is 14.3 Å². The van der Waals surface area contributed by atoms with Crippen LogP contribution in [0.2, 0.25) is 0 Å². The molecule has 26 heavy (non-hydrogen) atoms. The maximum Gasteiger partial charge on any atom is 0.313 e. The van der Waals surface area contributed by atoms with Crippen molar-refractivity contribution >= 4 is 17.9 Å². The quantitative estimate of drug-likeness (QED) is 0.516. The highest BCUT2D eigenvalue weighted by Crippen LogP contribution is 2.23. The van der Waals surface area contributed by atoms with Crippen LogP contribution >= 0.6 is 0 Å². The zero-order chi connectivity index (χ0) is 19.7. The van der Waals surface area contributed by atoms with Crippen LogP contribution in [0.1, 0.15) is 41.0 Å². The summed E-state index contributed by atoms with van der Waals surface area (Å²) < 4.78 is 10.6. The van der Waals surface area contributed by atoms with E-state index in [0.29, 0.717) is 12.3 Å². The SMILES string of the molecule is CC=C(N=C/C=C(\C)C(C)=N)C1=CCC(OCC(C)(C)C(=O)OC)C=C1. The minimum absolute atomic E-state index is 0.0625. The molecule has 1 aliphatic rings. The highest BCUT2D eigenvalue weighted by atomic mass is 16.5. The second-order valence-electron chi connectivity index (χ2n) is 6.91. The van der Waals surface area contributed by atoms with Crippen molar-refractivity contribution in [3.63, 3.8) is 0 Å². The van der Waals surface area contributed by atoms with Gasteiger partial charge in [0.1, 0.15) is 0 Å². The molecule has 0 amide bonds. The molecular weight excluding hydrogens is 328 g/mol. The summed E-state index contributed by atoms with van der Waals surface area (Å²) in [7, 11) is 1.39. The largest absolute Gasteiger partial charge is 0.469 e. The van der Waals surface area contributed by atoms with Crippen molar-refractivity contribution in [2.75, 3.05) is 13.7 Å². The summed E-state index contributed by atoms with van der Waals surface area (Å²) in [4.78, 5) is 16.2. The van der Waals surface area contributed by atoms with Crippen molar-refractivity contribution in [2.45, 2.75) is 47.1 Å². The Bertz CT molecular complexity index is 679. The van der Waals surface area contributed by atoms with E-state index in [1.165, 1.54) is 7.11 Å². The van der Waals surface area contributed by atoms with Gasteiger partial charge in [0.05, 0.1) is 30.9 Å². The Morgan fingerprint density at radius 2 is 2.12 bits per heavy atom. The summed E-state index contributed by atoms with van der Waals surface area (Å²) in [6.07, 6.45) is 12.2. The predicted molar refractivity (Wildman–Crippen MR) is 107 cm³/mol. The van der Waals surface area contributed by atoms with Crippen molar-refractivity contribution < 1.29 is 14.3 Å². The third-order valence-corrected chi connectivity index (χ3v) is 4.16. The molecule has 1 rings (SSSR count). The van der Waals surface area contributed by atoms with Gasteiger partial charge in [0.2, 0.25) is 0 Å². The smallest absolute Gasteiger partial charge is 0.313 e. The van der Waals surface area contributed by atoms with E-state index in [-0.39, 0.29) is 12.1 Å². The molecule has 0 saturated heterocycles. The van der Waals surface area contributed by atoms with Crippen LogP contribution in [0, 0.1) is 10.8 Å². The normalized spacial score (nSPS) is 18.8. The molecule has 0 aliphatic heterocycles. The van der Waals surface area contributed by atoms with Crippen molar-refractivity contribution in [2.24, 2.45) is 10.4 Å². The number of carbonyl (C=O) groups excluding carboxylic acids is 1. The van der Waals surface area contributed by atoms with E-state index in [9.17, 15) is 4.79 Å². The average Bonchev–Trinajstić information content (AvgIpc) is 2.63. The number of methoxy groups -OCH3 is 1. The number of nitrogens with one attached hydrogen (secondary N) is 1. The van der Waals surface area contributed by atoms with E-state index in [2.05, 4.69) is 11.1 Å². The molecule has 0 aromatic heterocycles. The molecule has 0 radical (unpaired) electrons. The zero-order valence-corrected chi connectivity index (χ0v) is 16.6. The summed E-state index contributed by atoms with van der Waals surface area (Å²) in [5, 5.41) is 7.56. The number of allylic oxidation sites excluding steroid dienone is 4. The molecule has 1 aliphatic carbocycles. The van der Waals surface area contributed by atoms with Crippen molar-refractivity contribution in [1.29, 1.82) is 5.41 Å². The van der Waals surface area contributed by atoms with E-state index < -0.39 is 5.41 Å². The average molecular weight is 358 g/mol. The number of hydrogen-bond acceptors (Lipinski definition) is 5. The molecule has 0 bridgehead atoms. The third-order valence-electron chi connectivity index (χ3n) is 4.16. The maximum absolute atomic E-state index is 11.7. The first-order valence-corrected chi connectivity index (χ1v) is 8.72. The van der Waals surface area contributed by atoms with Gasteiger partial charge in [-0.1, -0.05) is 24.3 Å². The molecule has 0 fully saturated rings. The van der Waals surface area contributed by atoms with Crippen LogP contribution in [0.15, 0.2) is 52.2 Å². The van der Waals surface area contributed by atoms with Gasteiger partial charge in [-0.25, -0.2) is 0 Å². The van der Waals surface area contributed by atoms with Crippen LogP contribution in [0.25, 0.3) is 0 Å². The molecule has 0 spiro atoms. The fourth-order valence-corrected chi connectivity index (χ4v) is 2.23. The summed E-state index contributed by atoms with van der Waals surface area (Å²) >= 11 is 0. The van der Waals surface area contributed by atoms with Crippen molar-refractivity contribution in [1.82, 2.24) is 0 Å². The molecule has 0 aromatic rings. The van der Waals surface area contributed by atoms with E-state index in [0.717, 1.165) is 23.3 Å². The predicted octanol–water partition coefficient (Wildman–Crippen LogP) is 4.42. The lowest BCUT2D eigenvalue weighted by atomic mass is 9.95. The zero-order valence-electron chi connectivity index (χ0n) is 16.6. The van der Waals surface area contributed by atoms with Gasteiger partial charge in [-0.05, 0) is 58.3 Å². The van der Waals surface area contributed by atoms with E-state index in [1.807, 2.05) is 52.0 Å². The van der Waals surface area contributed by atoms with Crippen LogP contribution in [0.3, 0.4) is 0 Å². The molecule has 1 atom stereocenters. The number of nitrogens with zero attached hydrogens (tertiary/aromatic N) is 1.